The second-order valence-electron chi connectivity index (χ2n) is 9.49. The third-order valence-corrected chi connectivity index (χ3v) is 8.77. The number of hydrogen-bond donors (Lipinski definition) is 2. The van der Waals surface area contributed by atoms with Crippen LogP contribution >= 0.6 is 0 Å². The molecule has 1 aromatic rings. The van der Waals surface area contributed by atoms with Crippen molar-refractivity contribution in [3.63, 3.8) is 0 Å². The molecule has 6 rings (SSSR count). The number of nitrogens with zero attached hydrogens (tertiary/aromatic N) is 1. The second-order valence-corrected chi connectivity index (χ2v) is 11.3. The first-order valence-corrected chi connectivity index (χ1v) is 11.9. The van der Waals surface area contributed by atoms with Gasteiger partial charge in [0.1, 0.15) is 10.6 Å². The molecule has 1 aromatic heterocycles. The maximum atomic E-state index is 12.8. The number of hydrogen-bond acceptors (Lipinski definition) is 3. The number of sulfonamides is 1. The molecule has 1 saturated heterocycles. The van der Waals surface area contributed by atoms with E-state index in [1.807, 2.05) is 0 Å². The Kier molecular flexibility index (Phi) is 4.17. The summed E-state index contributed by atoms with van der Waals surface area (Å²) in [5.74, 6) is 2.31. The highest BCUT2D eigenvalue weighted by molar-refractivity contribution is 7.89. The summed E-state index contributed by atoms with van der Waals surface area (Å²) in [4.78, 5) is 17.3. The molecule has 4 aliphatic carbocycles. The molecule has 1 aliphatic heterocycles. The van der Waals surface area contributed by atoms with E-state index in [2.05, 4.69) is 9.71 Å². The molecule has 0 unspecified atom stereocenters. The normalized spacial score (nSPS) is 35.1. The molecule has 4 bridgehead atoms. The highest BCUT2D eigenvalue weighted by atomic mass is 32.2. The number of carbonyl (C=O) groups is 1. The van der Waals surface area contributed by atoms with Gasteiger partial charge in [0.05, 0.1) is 0 Å². The van der Waals surface area contributed by atoms with Crippen molar-refractivity contribution in [3.05, 3.63) is 18.0 Å². The molecule has 0 spiro atoms. The van der Waals surface area contributed by atoms with Crippen LogP contribution in [0, 0.1) is 23.2 Å². The molecule has 4 saturated carbocycles. The Balaban J connectivity index is 1.27. The maximum Gasteiger partial charge on any atom is 0.270 e. The van der Waals surface area contributed by atoms with Crippen molar-refractivity contribution in [2.24, 2.45) is 23.2 Å². The van der Waals surface area contributed by atoms with E-state index >= 15 is 0 Å². The van der Waals surface area contributed by atoms with E-state index in [0.29, 0.717) is 12.2 Å². The SMILES string of the molecule is O=C(c1cc(S(=O)(=O)NCC23CC4CC(CC(C4)C2)C3)c[nH]1)N1CCCC1. The summed E-state index contributed by atoms with van der Waals surface area (Å²) in [7, 11) is -3.59. The molecular formula is C20H29N3O3S. The molecule has 2 N–H and O–H groups in total. The maximum absolute atomic E-state index is 12.8. The van der Waals surface area contributed by atoms with Crippen LogP contribution in [0.3, 0.4) is 0 Å². The average molecular weight is 392 g/mol. The van der Waals surface area contributed by atoms with Crippen LogP contribution in [-0.2, 0) is 10.0 Å². The van der Waals surface area contributed by atoms with Gasteiger partial charge >= 0.3 is 0 Å². The quantitative estimate of drug-likeness (QED) is 0.810. The van der Waals surface area contributed by atoms with Gasteiger partial charge in [-0.3, -0.25) is 4.79 Å². The van der Waals surface area contributed by atoms with E-state index in [9.17, 15) is 13.2 Å². The fourth-order valence-electron chi connectivity index (χ4n) is 6.58. The van der Waals surface area contributed by atoms with Gasteiger partial charge in [-0.15, -0.1) is 0 Å². The minimum absolute atomic E-state index is 0.102. The van der Waals surface area contributed by atoms with Crippen molar-refractivity contribution < 1.29 is 13.2 Å². The number of aromatic nitrogens is 1. The number of nitrogens with one attached hydrogen (secondary N) is 2. The molecule has 0 atom stereocenters. The van der Waals surface area contributed by atoms with Gasteiger partial charge in [0.15, 0.2) is 0 Å². The standard InChI is InChI=1S/C20H29N3O3S/c24-19(23-3-1-2-4-23)18-8-17(12-21-18)27(25,26)22-13-20-9-14-5-15(10-20)7-16(6-14)11-20/h8,12,14-16,21-22H,1-7,9-11,13H2. The zero-order valence-corrected chi connectivity index (χ0v) is 16.6. The predicted molar refractivity (Wildman–Crippen MR) is 102 cm³/mol. The molecule has 27 heavy (non-hydrogen) atoms. The number of amides is 1. The van der Waals surface area contributed by atoms with Crippen LogP contribution in [0.1, 0.15) is 61.9 Å². The first-order valence-electron chi connectivity index (χ1n) is 10.4. The van der Waals surface area contributed by atoms with Gasteiger partial charge in [0.2, 0.25) is 10.0 Å². The zero-order valence-electron chi connectivity index (χ0n) is 15.7. The number of aromatic amines is 1. The van der Waals surface area contributed by atoms with Crippen LogP contribution in [0.5, 0.6) is 0 Å². The minimum Gasteiger partial charge on any atom is -0.356 e. The lowest BCUT2D eigenvalue weighted by molar-refractivity contribution is -0.0487. The third-order valence-electron chi connectivity index (χ3n) is 7.39. The summed E-state index contributed by atoms with van der Waals surface area (Å²) >= 11 is 0. The Morgan fingerprint density at radius 2 is 1.70 bits per heavy atom. The Morgan fingerprint density at radius 1 is 1.11 bits per heavy atom. The van der Waals surface area contributed by atoms with Crippen molar-refractivity contribution >= 4 is 15.9 Å². The van der Waals surface area contributed by atoms with E-state index in [1.54, 1.807) is 4.90 Å². The summed E-state index contributed by atoms with van der Waals surface area (Å²) < 4.78 is 28.5. The van der Waals surface area contributed by atoms with E-state index in [4.69, 9.17) is 0 Å². The number of rotatable bonds is 5. The average Bonchev–Trinajstić information content (AvgIpc) is 3.31. The van der Waals surface area contributed by atoms with Crippen LogP contribution in [-0.4, -0.2) is 43.8 Å². The second kappa shape index (κ2) is 6.34. The molecular weight excluding hydrogens is 362 g/mol. The van der Waals surface area contributed by atoms with Gasteiger partial charge in [-0.1, -0.05) is 0 Å². The third kappa shape index (κ3) is 3.23. The van der Waals surface area contributed by atoms with Gasteiger partial charge in [-0.2, -0.15) is 0 Å². The zero-order chi connectivity index (χ0) is 18.6. The predicted octanol–water partition coefficient (Wildman–Crippen LogP) is 2.75. The summed E-state index contributed by atoms with van der Waals surface area (Å²) in [6, 6.07) is 1.49. The van der Waals surface area contributed by atoms with Crippen molar-refractivity contribution in [3.8, 4) is 0 Å². The smallest absolute Gasteiger partial charge is 0.270 e. The van der Waals surface area contributed by atoms with Crippen molar-refractivity contribution in [2.45, 2.75) is 56.3 Å². The van der Waals surface area contributed by atoms with Crippen LogP contribution in [0.4, 0.5) is 0 Å². The van der Waals surface area contributed by atoms with E-state index < -0.39 is 10.0 Å². The van der Waals surface area contributed by atoms with Gasteiger partial charge in [-0.05, 0) is 80.6 Å². The first-order chi connectivity index (χ1) is 12.9. The van der Waals surface area contributed by atoms with Gasteiger partial charge in [-0.25, -0.2) is 13.1 Å². The topological polar surface area (TPSA) is 82.3 Å². The van der Waals surface area contributed by atoms with Gasteiger partial charge < -0.3 is 9.88 Å². The molecule has 0 radical (unpaired) electrons. The highest BCUT2D eigenvalue weighted by Gasteiger charge is 2.51. The van der Waals surface area contributed by atoms with Crippen molar-refractivity contribution in [1.82, 2.24) is 14.6 Å². The largest absolute Gasteiger partial charge is 0.356 e. The Morgan fingerprint density at radius 3 is 2.30 bits per heavy atom. The lowest BCUT2D eigenvalue weighted by Crippen LogP contribution is -2.51. The fourth-order valence-corrected chi connectivity index (χ4v) is 7.73. The number of carbonyl (C=O) groups excluding carboxylic acids is 1. The molecule has 7 heteroatoms. The lowest BCUT2D eigenvalue weighted by Gasteiger charge is -2.56. The van der Waals surface area contributed by atoms with Crippen LogP contribution in [0.2, 0.25) is 0 Å². The molecule has 1 amide bonds. The van der Waals surface area contributed by atoms with E-state index in [0.717, 1.165) is 43.7 Å². The van der Waals surface area contributed by atoms with E-state index in [1.165, 1.54) is 50.8 Å². The summed E-state index contributed by atoms with van der Waals surface area (Å²) in [6.07, 6.45) is 11.1. The Hall–Kier alpha value is -1.34. The van der Waals surface area contributed by atoms with Gasteiger partial charge in [0.25, 0.3) is 5.91 Å². The molecule has 0 aromatic carbocycles. The van der Waals surface area contributed by atoms with Crippen LogP contribution in [0.25, 0.3) is 0 Å². The summed E-state index contributed by atoms with van der Waals surface area (Å²) in [5.41, 5.74) is 0.527. The molecule has 5 aliphatic rings. The number of likely N-dealkylation sites (tertiary alicyclic amines) is 1. The minimum atomic E-state index is -3.59. The molecule has 148 valence electrons. The molecule has 2 heterocycles. The van der Waals surface area contributed by atoms with Crippen LogP contribution < -0.4 is 4.72 Å². The van der Waals surface area contributed by atoms with Crippen LogP contribution in [0.15, 0.2) is 17.2 Å². The van der Waals surface area contributed by atoms with Crippen molar-refractivity contribution in [1.29, 1.82) is 0 Å². The molecule has 6 nitrogen and oxygen atoms in total. The number of H-pyrrole nitrogens is 1. The first kappa shape index (κ1) is 17.7. The van der Waals surface area contributed by atoms with Crippen molar-refractivity contribution in [2.75, 3.05) is 19.6 Å². The van der Waals surface area contributed by atoms with Gasteiger partial charge in [0, 0.05) is 25.8 Å². The van der Waals surface area contributed by atoms with E-state index in [-0.39, 0.29) is 16.2 Å². The Labute approximate surface area is 161 Å². The summed E-state index contributed by atoms with van der Waals surface area (Å²) in [5, 5.41) is 0. The molecule has 5 fully saturated rings. The summed E-state index contributed by atoms with van der Waals surface area (Å²) in [6.45, 7) is 2.05. The monoisotopic (exact) mass is 391 g/mol. The Bertz CT molecular complexity index is 803. The lowest BCUT2D eigenvalue weighted by atomic mass is 9.50. The highest BCUT2D eigenvalue weighted by Crippen LogP contribution is 2.59. The fraction of sp³-hybridized carbons (Fsp3) is 0.750.